The Morgan fingerprint density at radius 1 is 0.805 bits per heavy atom. The fourth-order valence-electron chi connectivity index (χ4n) is 3.99. The maximum absolute atomic E-state index is 12.7. The van der Waals surface area contributed by atoms with E-state index in [1.54, 1.807) is 21.3 Å². The highest BCUT2D eigenvalue weighted by Gasteiger charge is 2.16. The van der Waals surface area contributed by atoms with Crippen LogP contribution in [-0.2, 0) is 4.79 Å². The highest BCUT2D eigenvalue weighted by atomic mass is 32.2. The van der Waals surface area contributed by atoms with Gasteiger partial charge in [0.1, 0.15) is 28.6 Å². The zero-order valence-corrected chi connectivity index (χ0v) is 24.3. The molecule has 0 aliphatic rings. The molecule has 1 N–H and O–H groups in total. The molecule has 0 fully saturated rings. The molecular formula is C30H27N5O4S2. The second-order valence-electron chi connectivity index (χ2n) is 8.63. The Kier molecular flexibility index (Phi) is 9.07. The summed E-state index contributed by atoms with van der Waals surface area (Å²) in [6, 6.07) is 22.9. The third-order valence-corrected chi connectivity index (χ3v) is 7.69. The molecule has 208 valence electrons. The average Bonchev–Trinajstić information content (AvgIpc) is 3.49. The number of methoxy groups -OCH3 is 3. The normalized spacial score (nSPS) is 10.7. The van der Waals surface area contributed by atoms with Gasteiger partial charge in [-0.25, -0.2) is 9.97 Å². The number of thioether (sulfide) groups is 1. The van der Waals surface area contributed by atoms with Gasteiger partial charge in [-0.05, 0) is 60.7 Å². The monoisotopic (exact) mass is 585 g/mol. The number of rotatable bonds is 11. The minimum absolute atomic E-state index is 0.142. The Hall–Kier alpha value is -4.48. The molecule has 5 rings (SSSR count). The summed E-state index contributed by atoms with van der Waals surface area (Å²) in [4.78, 5) is 22.0. The molecule has 9 nitrogen and oxygen atoms in total. The number of hydrogen-bond donors (Lipinski definition) is 1. The second-order valence-corrected chi connectivity index (χ2v) is 10.6. The van der Waals surface area contributed by atoms with Crippen molar-refractivity contribution in [3.8, 4) is 51.0 Å². The smallest absolute Gasteiger partial charge is 0.226 e. The number of carbonyl (C=O) groups is 1. The maximum Gasteiger partial charge on any atom is 0.226 e. The summed E-state index contributed by atoms with van der Waals surface area (Å²) in [7, 11) is 4.88. The van der Waals surface area contributed by atoms with Crippen molar-refractivity contribution >= 4 is 34.1 Å². The number of thiazole rings is 1. The topological polar surface area (TPSA) is 108 Å². The summed E-state index contributed by atoms with van der Waals surface area (Å²) in [5.74, 6) is 2.56. The van der Waals surface area contributed by atoms with E-state index in [1.807, 2.05) is 78.2 Å². The molecular weight excluding hydrogens is 558 g/mol. The van der Waals surface area contributed by atoms with Gasteiger partial charge in [0.05, 0.1) is 27.0 Å². The van der Waals surface area contributed by atoms with Gasteiger partial charge in [0.15, 0.2) is 5.13 Å². The fourth-order valence-corrected chi connectivity index (χ4v) is 5.44. The van der Waals surface area contributed by atoms with Crippen molar-refractivity contribution in [1.29, 1.82) is 0 Å². The third-order valence-electron chi connectivity index (χ3n) is 6.09. The van der Waals surface area contributed by atoms with Crippen LogP contribution in [0.1, 0.15) is 6.42 Å². The molecule has 41 heavy (non-hydrogen) atoms. The third kappa shape index (κ3) is 6.82. The fraction of sp³-hybridized carbons (Fsp3) is 0.167. The molecule has 0 radical (unpaired) electrons. The molecule has 0 saturated heterocycles. The van der Waals surface area contributed by atoms with E-state index in [0.717, 1.165) is 39.6 Å². The largest absolute Gasteiger partial charge is 0.497 e. The van der Waals surface area contributed by atoms with Crippen LogP contribution >= 0.6 is 23.1 Å². The number of anilines is 1. The first-order valence-electron chi connectivity index (χ1n) is 12.6. The lowest BCUT2D eigenvalue weighted by Crippen LogP contribution is -2.12. The van der Waals surface area contributed by atoms with Crippen LogP contribution in [0.2, 0.25) is 0 Å². The molecule has 1 amide bonds. The number of carbonyl (C=O) groups excluding carboxylic acids is 1. The lowest BCUT2D eigenvalue weighted by atomic mass is 10.0. The Bertz CT molecular complexity index is 1630. The molecule has 0 spiro atoms. The summed E-state index contributed by atoms with van der Waals surface area (Å²) in [5, 5.41) is 14.6. The number of benzene rings is 3. The van der Waals surface area contributed by atoms with Crippen molar-refractivity contribution in [1.82, 2.24) is 20.2 Å². The number of hydrogen-bond acceptors (Lipinski definition) is 10. The summed E-state index contributed by atoms with van der Waals surface area (Å²) in [5.41, 5.74) is 4.70. The van der Waals surface area contributed by atoms with Gasteiger partial charge in [0, 0.05) is 34.2 Å². The molecule has 0 aliphatic heterocycles. The number of aromatic nitrogens is 4. The number of ether oxygens (including phenoxy) is 3. The summed E-state index contributed by atoms with van der Waals surface area (Å²) in [6.45, 7) is 0. The molecule has 0 atom stereocenters. The molecule has 0 unspecified atom stereocenters. The average molecular weight is 586 g/mol. The first-order valence-corrected chi connectivity index (χ1v) is 14.5. The Labute approximate surface area is 246 Å². The molecule has 11 heteroatoms. The highest BCUT2D eigenvalue weighted by Crippen LogP contribution is 2.33. The van der Waals surface area contributed by atoms with Crippen LogP contribution in [-0.4, -0.2) is 53.2 Å². The second kappa shape index (κ2) is 13.2. The van der Waals surface area contributed by atoms with Gasteiger partial charge in [-0.3, -0.25) is 4.79 Å². The van der Waals surface area contributed by atoms with Gasteiger partial charge in [0.2, 0.25) is 11.1 Å². The zero-order chi connectivity index (χ0) is 28.6. The number of nitrogens with zero attached hydrogens (tertiary/aromatic N) is 4. The van der Waals surface area contributed by atoms with Crippen molar-refractivity contribution in [2.24, 2.45) is 0 Å². The SMILES string of the molecule is COc1ccc(-c2nnc(SCCC(=O)Nc3nc(-c4ccccc4OC)cs3)nc2-c2ccc(OC)cc2)cc1. The van der Waals surface area contributed by atoms with E-state index in [9.17, 15) is 4.79 Å². The van der Waals surface area contributed by atoms with Crippen LogP contribution in [0, 0.1) is 0 Å². The summed E-state index contributed by atoms with van der Waals surface area (Å²) < 4.78 is 16.0. The van der Waals surface area contributed by atoms with Gasteiger partial charge in [-0.1, -0.05) is 23.9 Å². The molecule has 5 aromatic rings. The number of amides is 1. The van der Waals surface area contributed by atoms with Gasteiger partial charge in [-0.15, -0.1) is 21.5 Å². The van der Waals surface area contributed by atoms with E-state index in [0.29, 0.717) is 27.4 Å². The van der Waals surface area contributed by atoms with E-state index >= 15 is 0 Å². The van der Waals surface area contributed by atoms with Crippen molar-refractivity contribution in [2.75, 3.05) is 32.4 Å². The van der Waals surface area contributed by atoms with Crippen molar-refractivity contribution < 1.29 is 19.0 Å². The maximum atomic E-state index is 12.7. The molecule has 0 aliphatic carbocycles. The van der Waals surface area contributed by atoms with Gasteiger partial charge in [-0.2, -0.15) is 0 Å². The van der Waals surface area contributed by atoms with Gasteiger partial charge < -0.3 is 19.5 Å². The van der Waals surface area contributed by atoms with Crippen LogP contribution in [0.25, 0.3) is 33.8 Å². The van der Waals surface area contributed by atoms with E-state index < -0.39 is 0 Å². The van der Waals surface area contributed by atoms with Crippen molar-refractivity contribution in [3.63, 3.8) is 0 Å². The summed E-state index contributed by atoms with van der Waals surface area (Å²) >= 11 is 2.74. The van der Waals surface area contributed by atoms with Crippen LogP contribution in [0.4, 0.5) is 5.13 Å². The molecule has 0 bridgehead atoms. The first kappa shape index (κ1) is 28.1. The predicted octanol–water partition coefficient (Wildman–Crippen LogP) is 6.48. The number of nitrogens with one attached hydrogen (secondary N) is 1. The van der Waals surface area contributed by atoms with E-state index in [2.05, 4.69) is 20.5 Å². The first-order chi connectivity index (χ1) is 20.1. The van der Waals surface area contributed by atoms with Crippen LogP contribution in [0.5, 0.6) is 17.2 Å². The molecule has 3 aromatic carbocycles. The molecule has 2 heterocycles. The van der Waals surface area contributed by atoms with Crippen molar-refractivity contribution in [2.45, 2.75) is 11.6 Å². The van der Waals surface area contributed by atoms with E-state index in [4.69, 9.17) is 19.2 Å². The lowest BCUT2D eigenvalue weighted by Gasteiger charge is -2.10. The van der Waals surface area contributed by atoms with E-state index in [1.165, 1.54) is 23.1 Å². The lowest BCUT2D eigenvalue weighted by molar-refractivity contribution is -0.115. The van der Waals surface area contributed by atoms with Crippen LogP contribution in [0.15, 0.2) is 83.3 Å². The zero-order valence-electron chi connectivity index (χ0n) is 22.7. The number of para-hydroxylation sites is 1. The standard InChI is InChI=1S/C30H27N5O4S2/c1-37-21-12-8-19(9-13-21)27-28(20-10-14-22(38-2)15-11-20)34-35-30(33-27)40-17-16-26(36)32-29-31-24(18-41-29)23-6-4-5-7-25(23)39-3/h4-15,18H,16-17H2,1-3H3,(H,31,32,36). The predicted molar refractivity (Wildman–Crippen MR) is 162 cm³/mol. The van der Waals surface area contributed by atoms with E-state index in [-0.39, 0.29) is 12.3 Å². The summed E-state index contributed by atoms with van der Waals surface area (Å²) in [6.07, 6.45) is 0.260. The van der Waals surface area contributed by atoms with Gasteiger partial charge in [0.25, 0.3) is 0 Å². The molecule has 0 saturated carbocycles. The highest BCUT2D eigenvalue weighted by molar-refractivity contribution is 7.99. The van der Waals surface area contributed by atoms with Gasteiger partial charge >= 0.3 is 0 Å². The minimum Gasteiger partial charge on any atom is -0.497 e. The van der Waals surface area contributed by atoms with Crippen LogP contribution < -0.4 is 19.5 Å². The van der Waals surface area contributed by atoms with Crippen molar-refractivity contribution in [3.05, 3.63) is 78.2 Å². The molecule has 2 aromatic heterocycles. The quantitative estimate of drug-likeness (QED) is 0.174. The van der Waals surface area contributed by atoms with Crippen LogP contribution in [0.3, 0.4) is 0 Å². The Morgan fingerprint density at radius 3 is 2.12 bits per heavy atom. The minimum atomic E-state index is -0.142. The Morgan fingerprint density at radius 2 is 1.46 bits per heavy atom. The Balaban J connectivity index is 1.27.